The standard InChI is InChI=1S/C41H54O9/c1-24(7-18-36(43)48-6)31-16-17-32-37-33(23-35(41(31,32)3)50-39(45)26-10-14-30(47-5)15-11-26)40(2)20-19-28(42)21-27(40)22-34(37)49-38(44)25-8-12-29(46-4)13-9-25/h8-15,24,27-28,31-35,37,42H,7,16-23H2,1-6H3/t24-,27+,28-,31-,32+,33+,34-,35+,37+,40+,41-/m1/s1. The second-order valence-corrected chi connectivity index (χ2v) is 15.8. The summed E-state index contributed by atoms with van der Waals surface area (Å²) in [6.45, 7) is 6.85. The molecule has 1 N–H and O–H groups in total. The average Bonchev–Trinajstić information content (AvgIpc) is 3.49. The van der Waals surface area contributed by atoms with Crippen LogP contribution >= 0.6 is 0 Å². The van der Waals surface area contributed by atoms with E-state index in [-0.39, 0.29) is 77.1 Å². The number of carbonyl (C=O) groups excluding carboxylic acids is 3. The van der Waals surface area contributed by atoms with E-state index in [0.717, 1.165) is 25.7 Å². The van der Waals surface area contributed by atoms with Gasteiger partial charge in [0.15, 0.2) is 0 Å². The van der Waals surface area contributed by atoms with Crippen LogP contribution in [-0.2, 0) is 19.0 Å². The molecular formula is C41H54O9. The van der Waals surface area contributed by atoms with Gasteiger partial charge in [0, 0.05) is 17.8 Å². The fourth-order valence-corrected chi connectivity index (χ4v) is 10.9. The van der Waals surface area contributed by atoms with Gasteiger partial charge in [0.2, 0.25) is 0 Å². The maximum Gasteiger partial charge on any atom is 0.338 e. The summed E-state index contributed by atoms with van der Waals surface area (Å²) in [7, 11) is 4.61. The van der Waals surface area contributed by atoms with Crippen molar-refractivity contribution in [3.8, 4) is 11.5 Å². The molecule has 11 atom stereocenters. The van der Waals surface area contributed by atoms with Crippen LogP contribution in [0.25, 0.3) is 0 Å². The van der Waals surface area contributed by atoms with Gasteiger partial charge >= 0.3 is 17.9 Å². The van der Waals surface area contributed by atoms with Gasteiger partial charge in [-0.05, 0) is 135 Å². The summed E-state index contributed by atoms with van der Waals surface area (Å²) in [5, 5.41) is 10.9. The van der Waals surface area contributed by atoms with Crippen LogP contribution in [0.5, 0.6) is 11.5 Å². The highest BCUT2D eigenvalue weighted by Gasteiger charge is 2.67. The molecule has 0 aromatic heterocycles. The van der Waals surface area contributed by atoms with Crippen molar-refractivity contribution >= 4 is 17.9 Å². The first-order chi connectivity index (χ1) is 23.9. The maximum atomic E-state index is 13.9. The third-order valence-corrected chi connectivity index (χ3v) is 13.7. The lowest BCUT2D eigenvalue weighted by atomic mass is 9.43. The van der Waals surface area contributed by atoms with Crippen molar-refractivity contribution < 1.29 is 43.2 Å². The molecule has 0 spiro atoms. The first kappa shape index (κ1) is 36.2. The second kappa shape index (κ2) is 14.6. The van der Waals surface area contributed by atoms with E-state index in [1.54, 1.807) is 62.8 Å². The molecule has 0 radical (unpaired) electrons. The third-order valence-electron chi connectivity index (χ3n) is 13.7. The van der Waals surface area contributed by atoms with E-state index < -0.39 is 5.41 Å². The number of ether oxygens (including phenoxy) is 5. The Bertz CT molecular complexity index is 1520. The van der Waals surface area contributed by atoms with Crippen LogP contribution < -0.4 is 9.47 Å². The van der Waals surface area contributed by atoms with Gasteiger partial charge in [-0.3, -0.25) is 4.79 Å². The van der Waals surface area contributed by atoms with Gasteiger partial charge < -0.3 is 28.8 Å². The Morgan fingerprint density at radius 1 is 0.800 bits per heavy atom. The summed E-state index contributed by atoms with van der Waals surface area (Å²) in [6.07, 6.45) is 5.39. The number of esters is 3. The summed E-state index contributed by atoms with van der Waals surface area (Å²) >= 11 is 0. The minimum atomic E-state index is -0.416. The fourth-order valence-electron chi connectivity index (χ4n) is 10.9. The lowest BCUT2D eigenvalue weighted by Crippen LogP contribution is -2.63. The Kier molecular flexibility index (Phi) is 10.5. The second-order valence-electron chi connectivity index (χ2n) is 15.8. The third kappa shape index (κ3) is 6.62. The average molecular weight is 691 g/mol. The Hall–Kier alpha value is -3.59. The molecule has 4 saturated carbocycles. The Morgan fingerprint density at radius 2 is 1.40 bits per heavy atom. The van der Waals surface area contributed by atoms with Gasteiger partial charge in [-0.1, -0.05) is 20.8 Å². The monoisotopic (exact) mass is 690 g/mol. The van der Waals surface area contributed by atoms with E-state index >= 15 is 0 Å². The van der Waals surface area contributed by atoms with Crippen molar-refractivity contribution in [1.82, 2.24) is 0 Å². The Morgan fingerprint density at radius 3 is 1.98 bits per heavy atom. The molecule has 9 nitrogen and oxygen atoms in total. The number of aliphatic hydroxyl groups is 1. The van der Waals surface area contributed by atoms with E-state index in [2.05, 4.69) is 20.8 Å². The van der Waals surface area contributed by atoms with Gasteiger partial charge in [-0.25, -0.2) is 9.59 Å². The molecule has 0 aliphatic heterocycles. The number of rotatable bonds is 10. The van der Waals surface area contributed by atoms with Crippen molar-refractivity contribution in [3.63, 3.8) is 0 Å². The zero-order valence-electron chi connectivity index (χ0n) is 30.4. The van der Waals surface area contributed by atoms with Crippen molar-refractivity contribution in [3.05, 3.63) is 59.7 Å². The number of hydrogen-bond donors (Lipinski definition) is 1. The summed E-state index contributed by atoms with van der Waals surface area (Å²) in [5.74, 6) is 1.24. The fraction of sp³-hybridized carbons (Fsp3) is 0.634. The molecule has 0 unspecified atom stereocenters. The molecule has 272 valence electrons. The molecule has 4 fully saturated rings. The Labute approximate surface area is 296 Å². The van der Waals surface area contributed by atoms with Crippen molar-refractivity contribution in [2.24, 2.45) is 46.3 Å². The number of hydrogen-bond acceptors (Lipinski definition) is 9. The molecule has 0 saturated heterocycles. The van der Waals surface area contributed by atoms with Gasteiger partial charge in [0.05, 0.1) is 38.6 Å². The van der Waals surface area contributed by atoms with E-state index in [9.17, 15) is 19.5 Å². The highest BCUT2D eigenvalue weighted by Crippen LogP contribution is 2.69. The van der Waals surface area contributed by atoms with Crippen LogP contribution in [0, 0.1) is 46.3 Å². The van der Waals surface area contributed by atoms with E-state index in [4.69, 9.17) is 23.7 Å². The summed E-state index contributed by atoms with van der Waals surface area (Å²) < 4.78 is 28.8. The molecule has 50 heavy (non-hydrogen) atoms. The molecule has 6 rings (SSSR count). The van der Waals surface area contributed by atoms with Gasteiger partial charge in [0.25, 0.3) is 0 Å². The Balaban J connectivity index is 1.37. The van der Waals surface area contributed by atoms with Crippen LogP contribution in [0.1, 0.15) is 99.3 Å². The van der Waals surface area contributed by atoms with Crippen molar-refractivity contribution in [2.45, 2.75) is 96.9 Å². The molecule has 4 aliphatic rings. The molecule has 2 aromatic rings. The lowest BCUT2D eigenvalue weighted by Gasteiger charge is -2.64. The number of fused-ring (bicyclic) bond motifs is 5. The first-order valence-corrected chi connectivity index (χ1v) is 18.4. The summed E-state index contributed by atoms with van der Waals surface area (Å²) in [6, 6.07) is 14.0. The normalized spacial score (nSPS) is 35.0. The van der Waals surface area contributed by atoms with Crippen LogP contribution in [0.4, 0.5) is 0 Å². The highest BCUT2D eigenvalue weighted by atomic mass is 16.6. The molecule has 0 bridgehead atoms. The molecule has 2 aromatic carbocycles. The number of benzene rings is 2. The van der Waals surface area contributed by atoms with Crippen LogP contribution in [0.2, 0.25) is 0 Å². The maximum absolute atomic E-state index is 13.9. The SMILES string of the molecule is COC(=O)CC[C@@H](C)[C@H]1CC[C@H]2[C@@H]3[C@H](OC(=O)c4ccc(OC)cc4)C[C@@H]4C[C@H](O)CC[C@]4(C)[C@H]3C[C@H](OC(=O)c3ccc(OC)cc3)[C@]12C. The highest BCUT2D eigenvalue weighted by molar-refractivity contribution is 5.90. The van der Waals surface area contributed by atoms with Crippen molar-refractivity contribution in [2.75, 3.05) is 21.3 Å². The molecule has 0 heterocycles. The quantitative estimate of drug-likeness (QED) is 0.203. The minimum absolute atomic E-state index is 0.0624. The zero-order chi connectivity index (χ0) is 35.8. The van der Waals surface area contributed by atoms with Gasteiger partial charge in [0.1, 0.15) is 23.7 Å². The number of carbonyl (C=O) groups is 3. The summed E-state index contributed by atoms with van der Waals surface area (Å²) in [4.78, 5) is 39.9. The van der Waals surface area contributed by atoms with Gasteiger partial charge in [-0.15, -0.1) is 0 Å². The van der Waals surface area contributed by atoms with Crippen LogP contribution in [0.3, 0.4) is 0 Å². The predicted molar refractivity (Wildman–Crippen MR) is 187 cm³/mol. The number of aliphatic hydroxyl groups excluding tert-OH is 1. The minimum Gasteiger partial charge on any atom is -0.497 e. The largest absolute Gasteiger partial charge is 0.497 e. The van der Waals surface area contributed by atoms with Gasteiger partial charge in [-0.2, -0.15) is 0 Å². The lowest BCUT2D eigenvalue weighted by molar-refractivity contribution is -0.207. The topological polar surface area (TPSA) is 118 Å². The van der Waals surface area contributed by atoms with E-state index in [1.165, 1.54) is 7.11 Å². The van der Waals surface area contributed by atoms with E-state index in [1.807, 2.05) is 0 Å². The molecule has 9 heteroatoms. The zero-order valence-corrected chi connectivity index (χ0v) is 30.4. The molecular weight excluding hydrogens is 636 g/mol. The van der Waals surface area contributed by atoms with E-state index in [0.29, 0.717) is 54.7 Å². The predicted octanol–water partition coefficient (Wildman–Crippen LogP) is 7.28. The molecule has 0 amide bonds. The molecule has 4 aliphatic carbocycles. The summed E-state index contributed by atoms with van der Waals surface area (Å²) in [5.41, 5.74) is 0.431. The smallest absolute Gasteiger partial charge is 0.338 e. The van der Waals surface area contributed by atoms with Crippen LogP contribution in [0.15, 0.2) is 48.5 Å². The first-order valence-electron chi connectivity index (χ1n) is 18.4. The van der Waals surface area contributed by atoms with Crippen molar-refractivity contribution in [1.29, 1.82) is 0 Å². The van der Waals surface area contributed by atoms with Crippen LogP contribution in [-0.4, -0.2) is 62.7 Å². The number of methoxy groups -OCH3 is 3.